The number of nitrogens with one attached hydrogen (secondary N) is 3. The zero-order chi connectivity index (χ0) is 18.9. The monoisotopic (exact) mass is 391 g/mol. The van der Waals surface area contributed by atoms with Gasteiger partial charge in [0.1, 0.15) is 5.75 Å². The van der Waals surface area contributed by atoms with Gasteiger partial charge in [0.25, 0.3) is 11.8 Å². The largest absolute Gasteiger partial charge is 0.494 e. The quantitative estimate of drug-likeness (QED) is 0.539. The molecule has 0 fully saturated rings. The van der Waals surface area contributed by atoms with Gasteiger partial charge in [0, 0.05) is 16.1 Å². The maximum absolute atomic E-state index is 12.2. The highest BCUT2D eigenvalue weighted by Crippen LogP contribution is 2.13. The van der Waals surface area contributed by atoms with Crippen LogP contribution in [0, 0.1) is 0 Å². The Balaban J connectivity index is 1.86. The van der Waals surface area contributed by atoms with Crippen molar-refractivity contribution in [2.24, 2.45) is 0 Å². The first-order valence-electron chi connectivity index (χ1n) is 7.89. The van der Waals surface area contributed by atoms with E-state index in [0.29, 0.717) is 28.5 Å². The normalized spacial score (nSPS) is 9.92. The molecule has 2 amide bonds. The summed E-state index contributed by atoms with van der Waals surface area (Å²) in [6, 6.07) is 13.1. The number of rotatable bonds is 5. The van der Waals surface area contributed by atoms with Crippen molar-refractivity contribution in [3.63, 3.8) is 0 Å². The summed E-state index contributed by atoms with van der Waals surface area (Å²) in [5.41, 5.74) is 5.68. The molecule has 2 rings (SSSR count). The standard InChI is InChI=1S/C18H18ClN3O3S/c1-2-10-25-15-5-3-4-13(11-15)16(23)20-18(26)22-21-17(24)12-6-8-14(19)9-7-12/h3-9,11H,2,10H2,1H3,(H,21,24)(H2,20,22,23,26). The summed E-state index contributed by atoms with van der Waals surface area (Å²) in [7, 11) is 0. The minimum Gasteiger partial charge on any atom is -0.494 e. The molecule has 136 valence electrons. The van der Waals surface area contributed by atoms with Crippen LogP contribution in [0.3, 0.4) is 0 Å². The summed E-state index contributed by atoms with van der Waals surface area (Å²) < 4.78 is 5.49. The van der Waals surface area contributed by atoms with E-state index in [1.165, 1.54) is 0 Å². The van der Waals surface area contributed by atoms with Crippen LogP contribution in [0.4, 0.5) is 0 Å². The van der Waals surface area contributed by atoms with Gasteiger partial charge in [0.2, 0.25) is 0 Å². The van der Waals surface area contributed by atoms with E-state index < -0.39 is 11.8 Å². The predicted molar refractivity (Wildman–Crippen MR) is 104 cm³/mol. The van der Waals surface area contributed by atoms with Gasteiger partial charge in [-0.15, -0.1) is 0 Å². The molecular weight excluding hydrogens is 374 g/mol. The summed E-state index contributed by atoms with van der Waals surface area (Å²) in [5.74, 6) is -0.215. The van der Waals surface area contributed by atoms with Crippen LogP contribution >= 0.6 is 23.8 Å². The lowest BCUT2D eigenvalue weighted by Gasteiger charge is -2.11. The van der Waals surface area contributed by atoms with E-state index in [1.54, 1.807) is 48.5 Å². The molecule has 0 saturated carbocycles. The van der Waals surface area contributed by atoms with Crippen LogP contribution in [-0.4, -0.2) is 23.5 Å². The number of carbonyl (C=O) groups is 2. The van der Waals surface area contributed by atoms with E-state index in [0.717, 1.165) is 6.42 Å². The van der Waals surface area contributed by atoms with Gasteiger partial charge in [-0.25, -0.2) is 0 Å². The lowest BCUT2D eigenvalue weighted by atomic mass is 10.2. The van der Waals surface area contributed by atoms with Gasteiger partial charge < -0.3 is 4.74 Å². The molecule has 0 bridgehead atoms. The Hall–Kier alpha value is -2.64. The van der Waals surface area contributed by atoms with Gasteiger partial charge in [-0.1, -0.05) is 24.6 Å². The molecule has 0 heterocycles. The van der Waals surface area contributed by atoms with E-state index in [4.69, 9.17) is 28.6 Å². The summed E-state index contributed by atoms with van der Waals surface area (Å²) >= 11 is 10.8. The Bertz CT molecular complexity index is 797. The first-order valence-corrected chi connectivity index (χ1v) is 8.68. The fraction of sp³-hybridized carbons (Fsp3) is 0.167. The number of carbonyl (C=O) groups excluding carboxylic acids is 2. The highest BCUT2D eigenvalue weighted by molar-refractivity contribution is 7.80. The molecule has 8 heteroatoms. The Morgan fingerprint density at radius 1 is 1.04 bits per heavy atom. The molecule has 0 aliphatic rings. The lowest BCUT2D eigenvalue weighted by molar-refractivity contribution is 0.0934. The summed E-state index contributed by atoms with van der Waals surface area (Å²) in [5, 5.41) is 2.99. The Labute approximate surface area is 161 Å². The second-order valence-corrected chi connectivity index (χ2v) is 6.09. The van der Waals surface area contributed by atoms with E-state index in [1.807, 2.05) is 6.92 Å². The minimum atomic E-state index is -0.412. The molecule has 2 aromatic carbocycles. The molecule has 2 aromatic rings. The van der Waals surface area contributed by atoms with Crippen molar-refractivity contribution in [1.29, 1.82) is 0 Å². The maximum atomic E-state index is 12.2. The average Bonchev–Trinajstić information content (AvgIpc) is 2.65. The number of benzene rings is 2. The second-order valence-electron chi connectivity index (χ2n) is 5.25. The van der Waals surface area contributed by atoms with E-state index >= 15 is 0 Å². The second kappa shape index (κ2) is 9.74. The van der Waals surface area contributed by atoms with Gasteiger partial charge >= 0.3 is 0 Å². The third-order valence-electron chi connectivity index (χ3n) is 3.19. The van der Waals surface area contributed by atoms with Gasteiger partial charge in [0.15, 0.2) is 5.11 Å². The molecule has 0 spiro atoms. The molecule has 0 saturated heterocycles. The van der Waals surface area contributed by atoms with Crippen LogP contribution in [0.5, 0.6) is 5.75 Å². The highest BCUT2D eigenvalue weighted by atomic mass is 35.5. The van der Waals surface area contributed by atoms with Crippen LogP contribution in [0.1, 0.15) is 34.1 Å². The number of hydrazine groups is 1. The van der Waals surface area contributed by atoms with Crippen molar-refractivity contribution in [3.05, 3.63) is 64.7 Å². The lowest BCUT2D eigenvalue weighted by Crippen LogP contribution is -2.48. The summed E-state index contributed by atoms with van der Waals surface area (Å²) in [4.78, 5) is 24.2. The van der Waals surface area contributed by atoms with Crippen molar-refractivity contribution in [2.45, 2.75) is 13.3 Å². The third-order valence-corrected chi connectivity index (χ3v) is 3.65. The minimum absolute atomic E-state index is 0.0304. The van der Waals surface area contributed by atoms with Crippen molar-refractivity contribution < 1.29 is 14.3 Å². The van der Waals surface area contributed by atoms with Crippen molar-refractivity contribution in [1.82, 2.24) is 16.2 Å². The van der Waals surface area contributed by atoms with E-state index in [9.17, 15) is 9.59 Å². The van der Waals surface area contributed by atoms with Crippen molar-refractivity contribution in [2.75, 3.05) is 6.61 Å². The van der Waals surface area contributed by atoms with Crippen LogP contribution in [-0.2, 0) is 0 Å². The molecule has 26 heavy (non-hydrogen) atoms. The Kier molecular flexibility index (Phi) is 7.37. The van der Waals surface area contributed by atoms with Crippen molar-refractivity contribution in [3.8, 4) is 5.75 Å². The third kappa shape index (κ3) is 6.02. The number of ether oxygens (including phenoxy) is 1. The number of thiocarbonyl (C=S) groups is 1. The predicted octanol–water partition coefficient (Wildman–Crippen LogP) is 3.08. The fourth-order valence-corrected chi connectivity index (χ4v) is 2.21. The summed E-state index contributed by atoms with van der Waals surface area (Å²) in [6.45, 7) is 2.57. The smallest absolute Gasteiger partial charge is 0.269 e. The Morgan fingerprint density at radius 2 is 1.77 bits per heavy atom. The average molecular weight is 392 g/mol. The van der Waals surface area contributed by atoms with E-state index in [-0.39, 0.29) is 5.11 Å². The van der Waals surface area contributed by atoms with Gasteiger partial charge in [-0.05, 0) is 61.1 Å². The Morgan fingerprint density at radius 3 is 2.46 bits per heavy atom. The molecule has 0 aromatic heterocycles. The highest BCUT2D eigenvalue weighted by Gasteiger charge is 2.10. The molecule has 0 radical (unpaired) electrons. The number of hydrogen-bond donors (Lipinski definition) is 3. The van der Waals surface area contributed by atoms with Crippen LogP contribution in [0.2, 0.25) is 5.02 Å². The van der Waals surface area contributed by atoms with Crippen LogP contribution in [0.15, 0.2) is 48.5 Å². The van der Waals surface area contributed by atoms with Gasteiger partial charge in [-0.3, -0.25) is 25.8 Å². The van der Waals surface area contributed by atoms with Gasteiger partial charge in [-0.2, -0.15) is 0 Å². The van der Waals surface area contributed by atoms with E-state index in [2.05, 4.69) is 16.2 Å². The van der Waals surface area contributed by atoms with Crippen LogP contribution < -0.4 is 20.9 Å². The number of hydrogen-bond acceptors (Lipinski definition) is 4. The first-order chi connectivity index (χ1) is 12.5. The number of amides is 2. The molecular formula is C18H18ClN3O3S. The van der Waals surface area contributed by atoms with Gasteiger partial charge in [0.05, 0.1) is 6.61 Å². The zero-order valence-electron chi connectivity index (χ0n) is 14.0. The zero-order valence-corrected chi connectivity index (χ0v) is 15.6. The molecule has 0 aliphatic heterocycles. The van der Waals surface area contributed by atoms with Crippen molar-refractivity contribution >= 4 is 40.7 Å². The molecule has 3 N–H and O–H groups in total. The summed E-state index contributed by atoms with van der Waals surface area (Å²) in [6.07, 6.45) is 0.873. The molecule has 6 nitrogen and oxygen atoms in total. The fourth-order valence-electron chi connectivity index (χ4n) is 1.94. The first kappa shape index (κ1) is 19.7. The van der Waals surface area contributed by atoms with Crippen LogP contribution in [0.25, 0.3) is 0 Å². The molecule has 0 atom stereocenters. The molecule has 0 aliphatic carbocycles. The topological polar surface area (TPSA) is 79.5 Å². The number of halogens is 1. The maximum Gasteiger partial charge on any atom is 0.269 e. The molecule has 0 unspecified atom stereocenters. The SMILES string of the molecule is CCCOc1cccc(C(=O)NC(=S)NNC(=O)c2ccc(Cl)cc2)c1.